The summed E-state index contributed by atoms with van der Waals surface area (Å²) in [7, 11) is 0. The van der Waals surface area contributed by atoms with Gasteiger partial charge >= 0.3 is 0 Å². The van der Waals surface area contributed by atoms with Gasteiger partial charge in [0.05, 0.1) is 0 Å². The van der Waals surface area contributed by atoms with Crippen LogP contribution in [0.25, 0.3) is 0 Å². The van der Waals surface area contributed by atoms with E-state index in [1.807, 2.05) is 0 Å². The molecule has 1 aliphatic carbocycles. The van der Waals surface area contributed by atoms with Crippen molar-refractivity contribution in [1.29, 1.82) is 0 Å². The highest BCUT2D eigenvalue weighted by Crippen LogP contribution is 2.25. The Morgan fingerprint density at radius 3 is 2.57 bits per heavy atom. The molecule has 2 atom stereocenters. The lowest BCUT2D eigenvalue weighted by atomic mass is 9.83. The van der Waals surface area contributed by atoms with Crippen LogP contribution in [-0.4, -0.2) is 17.9 Å². The Labute approximate surface area is 87.5 Å². The normalized spacial score (nSPS) is 28.8. The zero-order valence-electron chi connectivity index (χ0n) is 9.68. The molecule has 0 amide bonds. The molecule has 0 spiro atoms. The van der Waals surface area contributed by atoms with Gasteiger partial charge in [0.15, 0.2) is 0 Å². The fourth-order valence-corrected chi connectivity index (χ4v) is 2.11. The Balaban J connectivity index is 2.52. The van der Waals surface area contributed by atoms with E-state index in [9.17, 15) is 4.79 Å². The third-order valence-electron chi connectivity index (χ3n) is 3.45. The van der Waals surface area contributed by atoms with Crippen molar-refractivity contribution in [1.82, 2.24) is 5.32 Å². The number of carbonyl (C=O) groups excluding carboxylic acids is 1. The van der Waals surface area contributed by atoms with Crippen LogP contribution in [0.2, 0.25) is 0 Å². The van der Waals surface area contributed by atoms with Crippen LogP contribution in [-0.2, 0) is 4.79 Å². The van der Waals surface area contributed by atoms with Crippen molar-refractivity contribution in [3.05, 3.63) is 0 Å². The summed E-state index contributed by atoms with van der Waals surface area (Å²) in [5, 5.41) is 3.61. The molecule has 1 N–H and O–H groups in total. The van der Waals surface area contributed by atoms with E-state index in [-0.39, 0.29) is 11.5 Å². The van der Waals surface area contributed by atoms with Crippen molar-refractivity contribution in [3.63, 3.8) is 0 Å². The molecule has 1 fully saturated rings. The van der Waals surface area contributed by atoms with Crippen molar-refractivity contribution in [2.24, 2.45) is 5.92 Å². The first-order valence-electron chi connectivity index (χ1n) is 5.82. The minimum absolute atomic E-state index is 0.170. The molecule has 1 aliphatic rings. The molecule has 0 aliphatic heterocycles. The zero-order valence-corrected chi connectivity index (χ0v) is 9.68. The summed E-state index contributed by atoms with van der Waals surface area (Å²) in [4.78, 5) is 10.9. The van der Waals surface area contributed by atoms with Crippen LogP contribution in [0.1, 0.15) is 52.9 Å². The van der Waals surface area contributed by atoms with E-state index in [4.69, 9.17) is 0 Å². The van der Waals surface area contributed by atoms with E-state index >= 15 is 0 Å². The second-order valence-corrected chi connectivity index (χ2v) is 5.07. The van der Waals surface area contributed by atoms with Crippen LogP contribution < -0.4 is 5.32 Å². The molecule has 0 saturated heterocycles. The molecule has 0 heterocycles. The molecule has 2 nitrogen and oxygen atoms in total. The first-order chi connectivity index (χ1) is 6.59. The van der Waals surface area contributed by atoms with Crippen LogP contribution in [0.3, 0.4) is 0 Å². The smallest absolute Gasteiger partial charge is 0.124 e. The molecule has 1 rings (SSSR count). The maximum Gasteiger partial charge on any atom is 0.124 e. The molecule has 14 heavy (non-hydrogen) atoms. The van der Waals surface area contributed by atoms with Gasteiger partial charge in [-0.3, -0.25) is 0 Å². The van der Waals surface area contributed by atoms with Crippen molar-refractivity contribution in [2.45, 2.75) is 64.5 Å². The van der Waals surface area contributed by atoms with Gasteiger partial charge in [-0.05, 0) is 33.1 Å². The largest absolute Gasteiger partial charge is 0.308 e. The van der Waals surface area contributed by atoms with Gasteiger partial charge < -0.3 is 10.1 Å². The fraction of sp³-hybridized carbons (Fsp3) is 0.917. The topological polar surface area (TPSA) is 29.1 Å². The summed E-state index contributed by atoms with van der Waals surface area (Å²) in [6.45, 7) is 6.61. The molecule has 0 radical (unpaired) electrons. The average molecular weight is 197 g/mol. The Morgan fingerprint density at radius 1 is 1.36 bits per heavy atom. The maximum absolute atomic E-state index is 10.9. The zero-order chi connectivity index (χ0) is 10.6. The van der Waals surface area contributed by atoms with Crippen molar-refractivity contribution < 1.29 is 4.79 Å². The van der Waals surface area contributed by atoms with Crippen LogP contribution in [0.15, 0.2) is 0 Å². The molecule has 1 saturated carbocycles. The van der Waals surface area contributed by atoms with Gasteiger partial charge in [0, 0.05) is 17.5 Å². The van der Waals surface area contributed by atoms with Gasteiger partial charge in [-0.25, -0.2) is 0 Å². The summed E-state index contributed by atoms with van der Waals surface area (Å²) in [6.07, 6.45) is 6.96. The highest BCUT2D eigenvalue weighted by atomic mass is 16.1. The molecule has 2 heteroatoms. The lowest BCUT2D eigenvalue weighted by Gasteiger charge is -2.36. The number of hydrogen-bond donors (Lipinski definition) is 1. The van der Waals surface area contributed by atoms with Crippen LogP contribution in [0.4, 0.5) is 0 Å². The molecule has 0 aromatic carbocycles. The molecular weight excluding hydrogens is 174 g/mol. The molecule has 0 unspecified atom stereocenters. The van der Waals surface area contributed by atoms with E-state index in [2.05, 4.69) is 26.1 Å². The average Bonchev–Trinajstić information content (AvgIpc) is 2.18. The quantitative estimate of drug-likeness (QED) is 0.702. The van der Waals surface area contributed by atoms with Gasteiger partial charge in [0.1, 0.15) is 6.29 Å². The second kappa shape index (κ2) is 4.92. The van der Waals surface area contributed by atoms with Crippen molar-refractivity contribution >= 4 is 6.29 Å². The predicted molar refractivity (Wildman–Crippen MR) is 59.3 cm³/mol. The highest BCUT2D eigenvalue weighted by molar-refractivity contribution is 5.55. The van der Waals surface area contributed by atoms with Crippen LogP contribution in [0.5, 0.6) is 0 Å². The maximum atomic E-state index is 10.9. The molecular formula is C12H23NO. The van der Waals surface area contributed by atoms with Crippen LogP contribution >= 0.6 is 0 Å². The monoisotopic (exact) mass is 197 g/mol. The van der Waals surface area contributed by atoms with Gasteiger partial charge in [-0.1, -0.05) is 19.8 Å². The Kier molecular flexibility index (Phi) is 4.11. The van der Waals surface area contributed by atoms with E-state index in [1.54, 1.807) is 0 Å². The van der Waals surface area contributed by atoms with E-state index < -0.39 is 0 Å². The minimum Gasteiger partial charge on any atom is -0.308 e. The second-order valence-electron chi connectivity index (χ2n) is 5.07. The SMILES string of the molecule is CCC(C)(C)N[C@@H]1CCCC[C@@H]1C=O. The van der Waals surface area contributed by atoms with Crippen molar-refractivity contribution in [2.75, 3.05) is 0 Å². The van der Waals surface area contributed by atoms with Gasteiger partial charge in [-0.15, -0.1) is 0 Å². The van der Waals surface area contributed by atoms with E-state index in [1.165, 1.54) is 12.8 Å². The number of aldehydes is 1. The summed E-state index contributed by atoms with van der Waals surface area (Å²) < 4.78 is 0. The minimum atomic E-state index is 0.170. The Morgan fingerprint density at radius 2 is 2.00 bits per heavy atom. The molecule has 0 aromatic rings. The van der Waals surface area contributed by atoms with Gasteiger partial charge in [0.2, 0.25) is 0 Å². The fourth-order valence-electron chi connectivity index (χ4n) is 2.11. The van der Waals surface area contributed by atoms with E-state index in [0.29, 0.717) is 6.04 Å². The number of rotatable bonds is 4. The Bertz CT molecular complexity index is 189. The van der Waals surface area contributed by atoms with E-state index in [0.717, 1.165) is 25.5 Å². The number of carbonyl (C=O) groups is 1. The summed E-state index contributed by atoms with van der Waals surface area (Å²) >= 11 is 0. The summed E-state index contributed by atoms with van der Waals surface area (Å²) in [6, 6.07) is 0.413. The molecule has 82 valence electrons. The van der Waals surface area contributed by atoms with Crippen LogP contribution in [0, 0.1) is 5.92 Å². The summed E-state index contributed by atoms with van der Waals surface area (Å²) in [5.41, 5.74) is 0.170. The third kappa shape index (κ3) is 3.09. The summed E-state index contributed by atoms with van der Waals surface area (Å²) in [5.74, 6) is 0.245. The lowest BCUT2D eigenvalue weighted by Crippen LogP contribution is -2.50. The molecule has 0 bridgehead atoms. The first-order valence-corrected chi connectivity index (χ1v) is 5.82. The predicted octanol–water partition coefficient (Wildman–Crippen LogP) is 2.52. The van der Waals surface area contributed by atoms with Gasteiger partial charge in [0.25, 0.3) is 0 Å². The standard InChI is InChI=1S/C12H23NO/c1-4-12(2,3)13-11-8-6-5-7-10(11)9-14/h9-11,13H,4-8H2,1-3H3/t10-,11-/m1/s1. The molecule has 0 aromatic heterocycles. The third-order valence-corrected chi connectivity index (χ3v) is 3.45. The van der Waals surface area contributed by atoms with Crippen molar-refractivity contribution in [3.8, 4) is 0 Å². The number of hydrogen-bond acceptors (Lipinski definition) is 2. The van der Waals surface area contributed by atoms with Gasteiger partial charge in [-0.2, -0.15) is 0 Å². The number of nitrogens with one attached hydrogen (secondary N) is 1. The Hall–Kier alpha value is -0.370. The first kappa shape index (κ1) is 11.7. The lowest BCUT2D eigenvalue weighted by molar-refractivity contribution is -0.112. The highest BCUT2D eigenvalue weighted by Gasteiger charge is 2.28.